The fourth-order valence-corrected chi connectivity index (χ4v) is 4.87. The molecule has 0 aliphatic carbocycles. The molecule has 4 rings (SSSR count). The summed E-state index contributed by atoms with van der Waals surface area (Å²) >= 11 is 6.26. The van der Waals surface area contributed by atoms with E-state index in [1.807, 2.05) is 68.8 Å². The van der Waals surface area contributed by atoms with Gasteiger partial charge in [0.15, 0.2) is 0 Å². The molecule has 3 aromatic rings. The molecule has 7 nitrogen and oxygen atoms in total. The van der Waals surface area contributed by atoms with Crippen LogP contribution < -0.4 is 9.47 Å². The minimum atomic E-state index is -1.37. The number of rotatable bonds is 9. The lowest BCUT2D eigenvalue weighted by Gasteiger charge is -2.42. The molecule has 1 aliphatic heterocycles. The van der Waals surface area contributed by atoms with Crippen molar-refractivity contribution in [2.45, 2.75) is 58.9 Å². The number of β-amino-alcohol motifs (C(OH)–C–C–N with tert-alkyl or cyclic N) is 1. The quantitative estimate of drug-likeness (QED) is 0.446. The Morgan fingerprint density at radius 1 is 1.06 bits per heavy atom. The van der Waals surface area contributed by atoms with Crippen LogP contribution in [0.5, 0.6) is 11.5 Å². The highest BCUT2D eigenvalue weighted by molar-refractivity contribution is 6.32. The number of nitrogens with zero attached hydrogens (tertiary/aromatic N) is 3. The smallest absolute Gasteiger partial charge is 0.137 e. The molecule has 2 heterocycles. The van der Waals surface area contributed by atoms with Gasteiger partial charge in [-0.25, -0.2) is 0 Å². The Hall–Kier alpha value is -2.58. The molecule has 0 saturated carbocycles. The van der Waals surface area contributed by atoms with E-state index in [0.717, 1.165) is 33.8 Å². The Balaban J connectivity index is 1.34. The second-order valence-corrected chi connectivity index (χ2v) is 10.3. The molecule has 2 atom stereocenters. The first-order chi connectivity index (χ1) is 17.1. The average molecular weight is 514 g/mol. The molecule has 1 fully saturated rings. The fourth-order valence-electron chi connectivity index (χ4n) is 4.76. The van der Waals surface area contributed by atoms with Crippen LogP contribution in [0, 0.1) is 27.7 Å². The maximum atomic E-state index is 11.3. The summed E-state index contributed by atoms with van der Waals surface area (Å²) in [6, 6.07) is 13.8. The van der Waals surface area contributed by atoms with E-state index in [4.69, 9.17) is 21.1 Å². The summed E-state index contributed by atoms with van der Waals surface area (Å²) in [6.07, 6.45) is -0.385. The van der Waals surface area contributed by atoms with Gasteiger partial charge < -0.3 is 19.7 Å². The topological polar surface area (TPSA) is 80.0 Å². The summed E-state index contributed by atoms with van der Waals surface area (Å²) < 4.78 is 13.9. The van der Waals surface area contributed by atoms with Crippen LogP contribution in [0.2, 0.25) is 5.02 Å². The van der Waals surface area contributed by atoms with Gasteiger partial charge in [-0.2, -0.15) is 5.10 Å². The zero-order chi connectivity index (χ0) is 25.9. The first-order valence-electron chi connectivity index (χ1n) is 12.4. The summed E-state index contributed by atoms with van der Waals surface area (Å²) in [6.45, 7) is 10.7. The zero-order valence-corrected chi connectivity index (χ0v) is 22.3. The van der Waals surface area contributed by atoms with E-state index >= 15 is 0 Å². The van der Waals surface area contributed by atoms with Gasteiger partial charge in [0.2, 0.25) is 0 Å². The molecule has 1 aliphatic rings. The number of aryl methyl sites for hydroxylation is 4. The van der Waals surface area contributed by atoms with Gasteiger partial charge in [0.1, 0.15) is 30.3 Å². The van der Waals surface area contributed by atoms with Crippen molar-refractivity contribution in [2.24, 2.45) is 0 Å². The van der Waals surface area contributed by atoms with Gasteiger partial charge in [0, 0.05) is 30.4 Å². The van der Waals surface area contributed by atoms with Crippen LogP contribution in [-0.4, -0.2) is 62.9 Å². The molecule has 2 N–H and O–H groups in total. The van der Waals surface area contributed by atoms with Gasteiger partial charge in [-0.1, -0.05) is 23.7 Å². The number of halogens is 1. The van der Waals surface area contributed by atoms with E-state index in [1.54, 1.807) is 0 Å². The van der Waals surface area contributed by atoms with Crippen molar-refractivity contribution in [2.75, 3.05) is 26.3 Å². The number of likely N-dealkylation sites (tertiary alicyclic amines) is 1. The predicted octanol–water partition coefficient (Wildman–Crippen LogP) is 4.23. The van der Waals surface area contributed by atoms with Crippen molar-refractivity contribution < 1.29 is 19.7 Å². The molecule has 0 radical (unpaired) electrons. The summed E-state index contributed by atoms with van der Waals surface area (Å²) in [7, 11) is 0. The molecule has 0 amide bonds. The molecule has 8 heteroatoms. The van der Waals surface area contributed by atoms with Gasteiger partial charge in [-0.05, 0) is 81.1 Å². The summed E-state index contributed by atoms with van der Waals surface area (Å²) in [5.41, 5.74) is 3.68. The SMILES string of the molecule is Cc1cc(C)n(CCOc2cccc(CN3CC[C@H](O)[C@@](O)(COc4cc(C)c(Cl)c(C)c4)C3)c2)n1. The summed E-state index contributed by atoms with van der Waals surface area (Å²) in [5.74, 6) is 1.44. The number of hydrogen-bond donors (Lipinski definition) is 2. The minimum Gasteiger partial charge on any atom is -0.492 e. The van der Waals surface area contributed by atoms with Crippen LogP contribution in [0.1, 0.15) is 34.5 Å². The summed E-state index contributed by atoms with van der Waals surface area (Å²) in [4.78, 5) is 2.14. The van der Waals surface area contributed by atoms with Crippen LogP contribution in [0.3, 0.4) is 0 Å². The number of hydrogen-bond acceptors (Lipinski definition) is 6. The normalized spacial score (nSPS) is 20.5. The van der Waals surface area contributed by atoms with Crippen molar-refractivity contribution >= 4 is 11.6 Å². The lowest BCUT2D eigenvalue weighted by atomic mass is 9.90. The molecule has 194 valence electrons. The molecule has 0 spiro atoms. The monoisotopic (exact) mass is 513 g/mol. The number of piperidine rings is 1. The molecule has 36 heavy (non-hydrogen) atoms. The van der Waals surface area contributed by atoms with E-state index in [2.05, 4.69) is 16.1 Å². The van der Waals surface area contributed by atoms with E-state index in [9.17, 15) is 10.2 Å². The first kappa shape index (κ1) is 26.5. The highest BCUT2D eigenvalue weighted by Gasteiger charge is 2.42. The van der Waals surface area contributed by atoms with Crippen molar-refractivity contribution in [3.8, 4) is 11.5 Å². The molecule has 0 bridgehead atoms. The highest BCUT2D eigenvalue weighted by atomic mass is 35.5. The molecule has 1 saturated heterocycles. The molecule has 2 aromatic carbocycles. The molecular weight excluding hydrogens is 478 g/mol. The Bertz CT molecular complexity index is 1170. The Morgan fingerprint density at radius 2 is 1.81 bits per heavy atom. The Kier molecular flexibility index (Phi) is 8.25. The number of aliphatic hydroxyl groups is 2. The van der Waals surface area contributed by atoms with E-state index in [-0.39, 0.29) is 6.61 Å². The van der Waals surface area contributed by atoms with Crippen molar-refractivity contribution in [1.82, 2.24) is 14.7 Å². The van der Waals surface area contributed by atoms with Gasteiger partial charge >= 0.3 is 0 Å². The van der Waals surface area contributed by atoms with Gasteiger partial charge in [0.25, 0.3) is 0 Å². The van der Waals surface area contributed by atoms with Gasteiger partial charge in [-0.15, -0.1) is 0 Å². The number of aliphatic hydroxyl groups excluding tert-OH is 1. The van der Waals surface area contributed by atoms with Crippen molar-refractivity contribution in [1.29, 1.82) is 0 Å². The second kappa shape index (κ2) is 11.2. The molecular formula is C28H36ClN3O4. The van der Waals surface area contributed by atoms with E-state index in [0.29, 0.717) is 50.0 Å². The van der Waals surface area contributed by atoms with E-state index < -0.39 is 11.7 Å². The van der Waals surface area contributed by atoms with E-state index in [1.165, 1.54) is 0 Å². The van der Waals surface area contributed by atoms with Gasteiger partial charge in [-0.3, -0.25) is 9.58 Å². The lowest BCUT2D eigenvalue weighted by Crippen LogP contribution is -2.59. The number of aromatic nitrogens is 2. The van der Waals surface area contributed by atoms with Crippen LogP contribution in [-0.2, 0) is 13.1 Å². The number of benzene rings is 2. The predicted molar refractivity (Wildman–Crippen MR) is 141 cm³/mol. The molecule has 0 unspecified atom stereocenters. The maximum Gasteiger partial charge on any atom is 0.137 e. The standard InChI is InChI=1S/C28H36ClN3O4/c1-19-12-25(13-20(2)27(19)29)36-18-28(34)17-31(9-8-26(28)33)16-23-6-5-7-24(15-23)35-11-10-32-22(4)14-21(3)30-32/h5-7,12-15,26,33-34H,8-11,16-18H2,1-4H3/t26-,28-/m0/s1. The third-order valence-corrected chi connectivity index (χ3v) is 7.31. The Labute approximate surface area is 218 Å². The van der Waals surface area contributed by atoms with Gasteiger partial charge in [0.05, 0.1) is 18.3 Å². The third-order valence-electron chi connectivity index (χ3n) is 6.71. The van der Waals surface area contributed by atoms with Crippen LogP contribution in [0.15, 0.2) is 42.5 Å². The lowest BCUT2D eigenvalue weighted by molar-refractivity contribution is -0.140. The second-order valence-electron chi connectivity index (χ2n) is 9.92. The Morgan fingerprint density at radius 3 is 2.50 bits per heavy atom. The van der Waals surface area contributed by atoms with Crippen molar-refractivity contribution in [3.63, 3.8) is 0 Å². The zero-order valence-electron chi connectivity index (χ0n) is 21.5. The largest absolute Gasteiger partial charge is 0.492 e. The average Bonchev–Trinajstić information content (AvgIpc) is 3.15. The first-order valence-corrected chi connectivity index (χ1v) is 12.8. The third kappa shape index (κ3) is 6.40. The maximum absolute atomic E-state index is 11.3. The van der Waals surface area contributed by atoms with Crippen LogP contribution in [0.25, 0.3) is 0 Å². The van der Waals surface area contributed by atoms with Crippen LogP contribution >= 0.6 is 11.6 Å². The number of ether oxygens (including phenoxy) is 2. The minimum absolute atomic E-state index is 0.000644. The highest BCUT2D eigenvalue weighted by Crippen LogP contribution is 2.29. The fraction of sp³-hybridized carbons (Fsp3) is 0.464. The summed E-state index contributed by atoms with van der Waals surface area (Å²) in [5, 5.41) is 27.0. The van der Waals surface area contributed by atoms with Crippen molar-refractivity contribution in [3.05, 3.63) is 75.6 Å². The van der Waals surface area contributed by atoms with Crippen LogP contribution in [0.4, 0.5) is 0 Å². The molecule has 1 aromatic heterocycles.